The van der Waals surface area contributed by atoms with Crippen LogP contribution in [0, 0.1) is 0 Å². The summed E-state index contributed by atoms with van der Waals surface area (Å²) in [6.45, 7) is 1.21. The summed E-state index contributed by atoms with van der Waals surface area (Å²) in [4.78, 5) is 13.0. The van der Waals surface area contributed by atoms with Gasteiger partial charge < -0.3 is 5.32 Å². The van der Waals surface area contributed by atoms with Gasteiger partial charge in [0.1, 0.15) is 0 Å². The first kappa shape index (κ1) is 12.9. The first-order chi connectivity index (χ1) is 9.83. The molecule has 20 heavy (non-hydrogen) atoms. The minimum absolute atomic E-state index is 0.0537. The first-order valence-corrected chi connectivity index (χ1v) is 7.40. The number of benzene rings is 1. The highest BCUT2D eigenvalue weighted by molar-refractivity contribution is 7.09. The minimum atomic E-state index is 0.0537. The molecule has 1 N–H and O–H groups in total. The van der Waals surface area contributed by atoms with Crippen molar-refractivity contribution in [3.8, 4) is 0 Å². The third-order valence-corrected chi connectivity index (χ3v) is 4.02. The Labute approximate surface area is 121 Å². The van der Waals surface area contributed by atoms with Gasteiger partial charge in [0.2, 0.25) is 5.91 Å². The minimum Gasteiger partial charge on any atom is -0.351 e. The van der Waals surface area contributed by atoms with Gasteiger partial charge in [0.25, 0.3) is 0 Å². The van der Waals surface area contributed by atoms with Crippen molar-refractivity contribution in [2.75, 3.05) is 0 Å². The van der Waals surface area contributed by atoms with Gasteiger partial charge in [-0.1, -0.05) is 24.3 Å². The Morgan fingerprint density at radius 2 is 2.15 bits per heavy atom. The van der Waals surface area contributed by atoms with E-state index in [-0.39, 0.29) is 5.91 Å². The molecule has 0 fully saturated rings. The number of carbonyl (C=O) groups excluding carboxylic acids is 1. The number of carbonyl (C=O) groups is 1. The summed E-state index contributed by atoms with van der Waals surface area (Å²) in [5, 5.41) is 10.4. The van der Waals surface area contributed by atoms with Crippen LogP contribution in [0.25, 0.3) is 10.9 Å². The number of hydrogen-bond acceptors (Lipinski definition) is 3. The number of hydrogen-bond donors (Lipinski definition) is 1. The molecule has 1 amide bonds. The predicted octanol–water partition coefficient (Wildman–Crippen LogP) is 2.80. The fraction of sp³-hybridized carbons (Fsp3) is 0.200. The maximum Gasteiger partial charge on any atom is 0.222 e. The van der Waals surface area contributed by atoms with Gasteiger partial charge in [0, 0.05) is 16.7 Å². The molecule has 3 aromatic rings. The van der Waals surface area contributed by atoms with E-state index in [4.69, 9.17) is 0 Å². The average Bonchev–Trinajstić information content (AvgIpc) is 3.12. The van der Waals surface area contributed by atoms with E-state index in [1.165, 1.54) is 4.88 Å². The Hall–Kier alpha value is -2.14. The van der Waals surface area contributed by atoms with Crippen LogP contribution in [0.2, 0.25) is 0 Å². The second-order valence-electron chi connectivity index (χ2n) is 4.53. The number of aromatic nitrogens is 2. The van der Waals surface area contributed by atoms with Crippen LogP contribution in [0.3, 0.4) is 0 Å². The largest absolute Gasteiger partial charge is 0.351 e. The Morgan fingerprint density at radius 3 is 3.00 bits per heavy atom. The fourth-order valence-corrected chi connectivity index (χ4v) is 2.74. The molecule has 4 nitrogen and oxygen atoms in total. The lowest BCUT2D eigenvalue weighted by Gasteiger charge is -2.05. The molecular formula is C15H15N3OS. The maximum atomic E-state index is 11.8. The zero-order chi connectivity index (χ0) is 13.8. The highest BCUT2D eigenvalue weighted by Gasteiger charge is 2.05. The number of thiophene rings is 1. The van der Waals surface area contributed by atoms with Crippen LogP contribution in [0.15, 0.2) is 48.0 Å². The Kier molecular flexibility index (Phi) is 3.78. The smallest absolute Gasteiger partial charge is 0.222 e. The molecule has 0 aliphatic carbocycles. The van der Waals surface area contributed by atoms with Crippen LogP contribution in [0.5, 0.6) is 0 Å². The summed E-state index contributed by atoms with van der Waals surface area (Å²) in [7, 11) is 0. The van der Waals surface area contributed by atoms with Gasteiger partial charge in [-0.05, 0) is 17.5 Å². The predicted molar refractivity (Wildman–Crippen MR) is 80.5 cm³/mol. The summed E-state index contributed by atoms with van der Waals surface area (Å²) in [6, 6.07) is 12.0. The van der Waals surface area contributed by atoms with Gasteiger partial charge in [-0.25, -0.2) is 0 Å². The number of fused-ring (bicyclic) bond motifs is 1. The lowest BCUT2D eigenvalue weighted by Crippen LogP contribution is -2.23. The molecule has 0 aliphatic rings. The molecular weight excluding hydrogens is 270 g/mol. The number of para-hydroxylation sites is 1. The molecule has 0 bridgehead atoms. The average molecular weight is 285 g/mol. The second-order valence-corrected chi connectivity index (χ2v) is 5.56. The third-order valence-electron chi connectivity index (χ3n) is 3.14. The van der Waals surface area contributed by atoms with Crippen molar-refractivity contribution in [1.29, 1.82) is 0 Å². The number of amides is 1. The molecule has 3 rings (SSSR count). The lowest BCUT2D eigenvalue weighted by molar-refractivity contribution is -0.121. The molecule has 0 unspecified atom stereocenters. The molecule has 0 atom stereocenters. The standard InChI is InChI=1S/C15H15N3OS/c19-15(16-11-13-5-3-9-20-13)7-8-18-14-6-2-1-4-12(14)10-17-18/h1-6,9-10H,7-8,11H2,(H,16,19). The lowest BCUT2D eigenvalue weighted by atomic mass is 10.2. The van der Waals surface area contributed by atoms with Crippen molar-refractivity contribution in [3.63, 3.8) is 0 Å². The normalized spacial score (nSPS) is 10.8. The van der Waals surface area contributed by atoms with E-state index in [2.05, 4.69) is 10.4 Å². The Morgan fingerprint density at radius 1 is 1.25 bits per heavy atom. The van der Waals surface area contributed by atoms with E-state index in [0.717, 1.165) is 10.9 Å². The van der Waals surface area contributed by atoms with E-state index < -0.39 is 0 Å². The number of nitrogens with one attached hydrogen (secondary N) is 1. The van der Waals surface area contributed by atoms with Gasteiger partial charge in [-0.15, -0.1) is 11.3 Å². The summed E-state index contributed by atoms with van der Waals surface area (Å²) >= 11 is 1.65. The molecule has 2 heterocycles. The van der Waals surface area contributed by atoms with Crippen LogP contribution < -0.4 is 5.32 Å². The van der Waals surface area contributed by atoms with Crippen LogP contribution in [0.4, 0.5) is 0 Å². The Balaban J connectivity index is 1.55. The molecule has 102 valence electrons. The van der Waals surface area contributed by atoms with Crippen molar-refractivity contribution in [2.45, 2.75) is 19.5 Å². The van der Waals surface area contributed by atoms with Gasteiger partial charge in [-0.2, -0.15) is 5.10 Å². The van der Waals surface area contributed by atoms with Crippen molar-refractivity contribution in [3.05, 3.63) is 52.9 Å². The van der Waals surface area contributed by atoms with E-state index in [1.54, 1.807) is 11.3 Å². The molecule has 0 aliphatic heterocycles. The molecule has 1 aromatic carbocycles. The van der Waals surface area contributed by atoms with Gasteiger partial charge >= 0.3 is 0 Å². The molecule has 0 radical (unpaired) electrons. The first-order valence-electron chi connectivity index (χ1n) is 6.52. The maximum absolute atomic E-state index is 11.8. The van der Waals surface area contributed by atoms with Crippen molar-refractivity contribution in [1.82, 2.24) is 15.1 Å². The highest BCUT2D eigenvalue weighted by atomic mass is 32.1. The van der Waals surface area contributed by atoms with Crippen molar-refractivity contribution in [2.24, 2.45) is 0 Å². The number of nitrogens with zero attached hydrogens (tertiary/aromatic N) is 2. The van der Waals surface area contributed by atoms with Crippen molar-refractivity contribution >= 4 is 28.1 Å². The van der Waals surface area contributed by atoms with Crippen molar-refractivity contribution < 1.29 is 4.79 Å². The van der Waals surface area contributed by atoms with Gasteiger partial charge in [0.05, 0.1) is 24.8 Å². The van der Waals surface area contributed by atoms with Gasteiger partial charge in [0.15, 0.2) is 0 Å². The number of aryl methyl sites for hydroxylation is 1. The quantitative estimate of drug-likeness (QED) is 0.783. The van der Waals surface area contributed by atoms with Gasteiger partial charge in [-0.3, -0.25) is 9.48 Å². The summed E-state index contributed by atoms with van der Waals surface area (Å²) in [5.41, 5.74) is 1.07. The second kappa shape index (κ2) is 5.88. The molecule has 0 saturated heterocycles. The monoisotopic (exact) mass is 285 g/mol. The summed E-state index contributed by atoms with van der Waals surface area (Å²) < 4.78 is 1.88. The van der Waals surface area contributed by atoms with E-state index in [9.17, 15) is 4.79 Å². The summed E-state index contributed by atoms with van der Waals surface area (Å²) in [6.07, 6.45) is 2.27. The van der Waals surface area contributed by atoms with Crippen LogP contribution in [-0.2, 0) is 17.9 Å². The molecule has 0 spiro atoms. The SMILES string of the molecule is O=C(CCn1ncc2ccccc21)NCc1cccs1. The zero-order valence-corrected chi connectivity index (χ0v) is 11.8. The molecule has 2 aromatic heterocycles. The van der Waals surface area contributed by atoms with E-state index in [1.807, 2.05) is 52.7 Å². The topological polar surface area (TPSA) is 46.9 Å². The van der Waals surface area contributed by atoms with Crippen LogP contribution >= 0.6 is 11.3 Å². The van der Waals surface area contributed by atoms with E-state index in [0.29, 0.717) is 19.5 Å². The zero-order valence-electron chi connectivity index (χ0n) is 11.0. The number of rotatable bonds is 5. The van der Waals surface area contributed by atoms with E-state index >= 15 is 0 Å². The Bertz CT molecular complexity index is 703. The third kappa shape index (κ3) is 2.88. The molecule has 5 heteroatoms. The summed E-state index contributed by atoms with van der Waals surface area (Å²) in [5.74, 6) is 0.0537. The molecule has 0 saturated carbocycles. The fourth-order valence-electron chi connectivity index (χ4n) is 2.10. The van der Waals surface area contributed by atoms with Crippen LogP contribution in [0.1, 0.15) is 11.3 Å². The highest BCUT2D eigenvalue weighted by Crippen LogP contribution is 2.13. The van der Waals surface area contributed by atoms with Crippen LogP contribution in [-0.4, -0.2) is 15.7 Å².